The molecule has 0 spiro atoms. The molecule has 0 aliphatic heterocycles. The molecule has 0 aromatic carbocycles. The molecule has 5 N–H and O–H groups in total. The maximum atomic E-state index is 11.1. The van der Waals surface area contributed by atoms with Gasteiger partial charge in [-0.2, -0.15) is 9.50 Å². The average molecular weight is 367 g/mol. The molecule has 9 nitrogen and oxygen atoms in total. The molecular formula is C18H21N7O2. The minimum atomic E-state index is -0.571. The van der Waals surface area contributed by atoms with E-state index in [1.54, 1.807) is 16.6 Å². The molecule has 9 heteroatoms. The number of hydrogen-bond donors (Lipinski definition) is 4. The highest BCUT2D eigenvalue weighted by atomic mass is 16.3. The maximum Gasteiger partial charge on any atom is 0.267 e. The fraction of sp³-hybridized carbons (Fsp3) is 0.333. The van der Waals surface area contributed by atoms with Gasteiger partial charge in [-0.3, -0.25) is 4.79 Å². The van der Waals surface area contributed by atoms with Crippen LogP contribution >= 0.6 is 0 Å². The summed E-state index contributed by atoms with van der Waals surface area (Å²) in [7, 11) is 0. The zero-order valence-corrected chi connectivity index (χ0v) is 14.7. The number of primary amides is 1. The fourth-order valence-electron chi connectivity index (χ4n) is 3.24. The summed E-state index contributed by atoms with van der Waals surface area (Å²) >= 11 is 0. The number of fused-ring (bicyclic) bond motifs is 1. The van der Waals surface area contributed by atoms with Crippen molar-refractivity contribution in [3.63, 3.8) is 0 Å². The summed E-state index contributed by atoms with van der Waals surface area (Å²) in [6.45, 7) is 0. The van der Waals surface area contributed by atoms with Crippen LogP contribution in [0, 0.1) is 0 Å². The zero-order chi connectivity index (χ0) is 18.8. The number of rotatable bonds is 5. The first-order chi connectivity index (χ1) is 13.1. The molecule has 0 radical (unpaired) electrons. The van der Waals surface area contributed by atoms with Gasteiger partial charge in [-0.1, -0.05) is 6.07 Å². The van der Waals surface area contributed by atoms with Crippen molar-refractivity contribution in [2.24, 2.45) is 5.73 Å². The largest absolute Gasteiger partial charge is 0.393 e. The van der Waals surface area contributed by atoms with Crippen LogP contribution in [0.1, 0.15) is 36.2 Å². The number of anilines is 3. The Balaban J connectivity index is 1.52. The van der Waals surface area contributed by atoms with E-state index in [-0.39, 0.29) is 11.8 Å². The number of nitrogens with one attached hydrogen (secondary N) is 2. The van der Waals surface area contributed by atoms with E-state index in [1.165, 1.54) is 6.20 Å². The smallest absolute Gasteiger partial charge is 0.267 e. The van der Waals surface area contributed by atoms with Crippen LogP contribution in [0.15, 0.2) is 36.5 Å². The molecule has 3 aromatic rings. The van der Waals surface area contributed by atoms with Gasteiger partial charge in [0.2, 0.25) is 5.95 Å². The van der Waals surface area contributed by atoms with Crippen molar-refractivity contribution in [3.8, 4) is 0 Å². The van der Waals surface area contributed by atoms with Crippen molar-refractivity contribution >= 4 is 29.0 Å². The lowest BCUT2D eigenvalue weighted by atomic mass is 9.93. The van der Waals surface area contributed by atoms with Crippen LogP contribution in [0.2, 0.25) is 0 Å². The summed E-state index contributed by atoms with van der Waals surface area (Å²) in [5.74, 6) is 0.715. The normalized spacial score (nSPS) is 19.7. The first-order valence-electron chi connectivity index (χ1n) is 8.92. The third-order valence-corrected chi connectivity index (χ3v) is 4.68. The Morgan fingerprint density at radius 2 is 2.00 bits per heavy atom. The predicted molar refractivity (Wildman–Crippen MR) is 101 cm³/mol. The zero-order valence-electron chi connectivity index (χ0n) is 14.7. The summed E-state index contributed by atoms with van der Waals surface area (Å²) < 4.78 is 1.75. The van der Waals surface area contributed by atoms with Gasteiger partial charge in [0.1, 0.15) is 11.5 Å². The Kier molecular flexibility index (Phi) is 4.59. The van der Waals surface area contributed by atoms with Gasteiger partial charge >= 0.3 is 0 Å². The lowest BCUT2D eigenvalue weighted by molar-refractivity contribution is 0.0995. The summed E-state index contributed by atoms with van der Waals surface area (Å²) in [4.78, 5) is 19.6. The molecule has 1 aliphatic carbocycles. The summed E-state index contributed by atoms with van der Waals surface area (Å²) in [5.41, 5.74) is 6.77. The summed E-state index contributed by atoms with van der Waals surface area (Å²) in [6, 6.07) is 9.32. The Morgan fingerprint density at radius 3 is 2.70 bits per heavy atom. The van der Waals surface area contributed by atoms with E-state index in [0.29, 0.717) is 23.3 Å². The third kappa shape index (κ3) is 3.82. The molecule has 27 heavy (non-hydrogen) atoms. The van der Waals surface area contributed by atoms with Gasteiger partial charge in [-0.15, -0.1) is 5.10 Å². The topological polar surface area (TPSA) is 130 Å². The number of aromatic nitrogens is 4. The highest BCUT2D eigenvalue weighted by molar-refractivity contribution is 5.90. The van der Waals surface area contributed by atoms with E-state index in [2.05, 4.69) is 25.7 Å². The molecule has 140 valence electrons. The van der Waals surface area contributed by atoms with Crippen LogP contribution in [-0.2, 0) is 0 Å². The number of nitrogens with zero attached hydrogens (tertiary/aromatic N) is 4. The summed E-state index contributed by atoms with van der Waals surface area (Å²) in [6.07, 6.45) is 4.80. The van der Waals surface area contributed by atoms with Crippen LogP contribution in [0.25, 0.3) is 5.65 Å². The number of carbonyl (C=O) groups excluding carboxylic acids is 1. The number of pyridine rings is 2. The Labute approximate surface area is 155 Å². The molecular weight excluding hydrogens is 346 g/mol. The van der Waals surface area contributed by atoms with Crippen LogP contribution in [0.5, 0.6) is 0 Å². The van der Waals surface area contributed by atoms with E-state index in [4.69, 9.17) is 5.73 Å². The number of hydrogen-bond acceptors (Lipinski definition) is 7. The molecule has 4 rings (SSSR count). The van der Waals surface area contributed by atoms with Gasteiger partial charge in [0.25, 0.3) is 5.91 Å². The molecule has 0 atom stereocenters. The SMILES string of the molecule is NC(=O)c1ccc(Nc2nc3cccc(N[C@H]4CC[C@@H](O)CC4)n3n2)cn1. The summed E-state index contributed by atoms with van der Waals surface area (Å²) in [5, 5.41) is 20.7. The highest BCUT2D eigenvalue weighted by Crippen LogP contribution is 2.23. The van der Waals surface area contributed by atoms with Crippen molar-refractivity contribution < 1.29 is 9.90 Å². The lowest BCUT2D eigenvalue weighted by Crippen LogP contribution is -2.29. The molecule has 1 aliphatic rings. The van der Waals surface area contributed by atoms with Crippen molar-refractivity contribution in [2.45, 2.75) is 37.8 Å². The second kappa shape index (κ2) is 7.20. The van der Waals surface area contributed by atoms with E-state index in [1.807, 2.05) is 18.2 Å². The van der Waals surface area contributed by atoms with Gasteiger partial charge in [0, 0.05) is 6.04 Å². The minimum absolute atomic E-state index is 0.185. The monoisotopic (exact) mass is 367 g/mol. The molecule has 0 saturated heterocycles. The van der Waals surface area contributed by atoms with Crippen molar-refractivity contribution in [3.05, 3.63) is 42.2 Å². The van der Waals surface area contributed by atoms with E-state index in [0.717, 1.165) is 31.5 Å². The molecule has 1 saturated carbocycles. The molecule has 0 unspecified atom stereocenters. The molecule has 1 amide bonds. The van der Waals surface area contributed by atoms with Gasteiger partial charge in [-0.05, 0) is 49.9 Å². The van der Waals surface area contributed by atoms with Crippen molar-refractivity contribution in [1.29, 1.82) is 0 Å². The average Bonchev–Trinajstić information content (AvgIpc) is 3.07. The minimum Gasteiger partial charge on any atom is -0.393 e. The van der Waals surface area contributed by atoms with E-state index < -0.39 is 5.91 Å². The Bertz CT molecular complexity index is 946. The van der Waals surface area contributed by atoms with Gasteiger partial charge in [-0.25, -0.2) is 4.98 Å². The fourth-order valence-corrected chi connectivity index (χ4v) is 3.24. The van der Waals surface area contributed by atoms with Crippen molar-refractivity contribution in [1.82, 2.24) is 19.6 Å². The standard InChI is InChI=1S/C18H21N7O2/c19-17(27)14-9-6-12(10-20-14)22-18-23-16-3-1-2-15(25(16)24-18)21-11-4-7-13(26)8-5-11/h1-3,6,9-11,13,21,26H,4-5,7-8H2,(H2,19,27)(H,22,24)/t11-,13+. The van der Waals surface area contributed by atoms with Gasteiger partial charge in [0.05, 0.1) is 18.0 Å². The quantitative estimate of drug-likeness (QED) is 0.540. The number of carbonyl (C=O) groups is 1. The molecule has 3 heterocycles. The van der Waals surface area contributed by atoms with E-state index in [9.17, 15) is 9.90 Å². The first-order valence-corrected chi connectivity index (χ1v) is 8.92. The second-order valence-electron chi connectivity index (χ2n) is 6.69. The van der Waals surface area contributed by atoms with E-state index >= 15 is 0 Å². The maximum absolute atomic E-state index is 11.1. The first kappa shape index (κ1) is 17.2. The van der Waals surface area contributed by atoms with Gasteiger partial charge < -0.3 is 21.5 Å². The molecule has 3 aromatic heterocycles. The van der Waals surface area contributed by atoms with Crippen molar-refractivity contribution in [2.75, 3.05) is 10.6 Å². The van der Waals surface area contributed by atoms with Crippen LogP contribution in [0.4, 0.5) is 17.5 Å². The Hall–Kier alpha value is -3.20. The number of aliphatic hydroxyl groups is 1. The second-order valence-corrected chi connectivity index (χ2v) is 6.69. The van der Waals surface area contributed by atoms with Gasteiger partial charge in [0.15, 0.2) is 5.65 Å². The highest BCUT2D eigenvalue weighted by Gasteiger charge is 2.20. The Morgan fingerprint density at radius 1 is 1.19 bits per heavy atom. The van der Waals surface area contributed by atoms with Crippen LogP contribution in [-0.4, -0.2) is 42.7 Å². The number of amides is 1. The third-order valence-electron chi connectivity index (χ3n) is 4.68. The number of aliphatic hydroxyl groups excluding tert-OH is 1. The van der Waals surface area contributed by atoms with Crippen LogP contribution < -0.4 is 16.4 Å². The number of nitrogens with two attached hydrogens (primary N) is 1. The van der Waals surface area contributed by atoms with Crippen LogP contribution in [0.3, 0.4) is 0 Å². The molecule has 1 fully saturated rings. The molecule has 0 bridgehead atoms. The predicted octanol–water partition coefficient (Wildman–Crippen LogP) is 1.68. The lowest BCUT2D eigenvalue weighted by Gasteiger charge is -2.26.